The van der Waals surface area contributed by atoms with Crippen LogP contribution in [0.2, 0.25) is 0 Å². The van der Waals surface area contributed by atoms with Gasteiger partial charge in [-0.1, -0.05) is 9.95 Å². The number of carbonyl (C=O) groups excluding carboxylic acids is 1. The van der Waals surface area contributed by atoms with Crippen LogP contribution in [0.15, 0.2) is 18.2 Å². The highest BCUT2D eigenvalue weighted by atomic mass is 32.3. The monoisotopic (exact) mass is 305 g/mol. The third kappa shape index (κ3) is 5.87. The molecular weight excluding hydrogens is 289 g/mol. The van der Waals surface area contributed by atoms with E-state index in [-0.39, 0.29) is 11.4 Å². The van der Waals surface area contributed by atoms with E-state index in [0.29, 0.717) is 5.56 Å². The average molecular weight is 305 g/mol. The van der Waals surface area contributed by atoms with Crippen LogP contribution < -0.4 is 9.50 Å². The molecule has 20 heavy (non-hydrogen) atoms. The Morgan fingerprint density at radius 2 is 1.90 bits per heavy atom. The minimum atomic E-state index is -5.18. The Morgan fingerprint density at radius 3 is 2.40 bits per heavy atom. The Hall–Kier alpha value is -1.83. The van der Waals surface area contributed by atoms with E-state index in [0.717, 1.165) is 0 Å². The van der Waals surface area contributed by atoms with Crippen LogP contribution >= 0.6 is 0 Å². The molecule has 0 spiro atoms. The summed E-state index contributed by atoms with van der Waals surface area (Å²) in [4.78, 5) is 11.6. The van der Waals surface area contributed by atoms with E-state index in [1.54, 1.807) is 33.8 Å². The van der Waals surface area contributed by atoms with Crippen molar-refractivity contribution in [3.63, 3.8) is 0 Å². The van der Waals surface area contributed by atoms with Gasteiger partial charge in [0, 0.05) is 0 Å². The van der Waals surface area contributed by atoms with E-state index in [4.69, 9.17) is 4.74 Å². The van der Waals surface area contributed by atoms with Crippen LogP contribution in [0.25, 0.3) is 0 Å². The van der Waals surface area contributed by atoms with Gasteiger partial charge in [-0.05, 0) is 45.4 Å². The molecule has 0 saturated heterocycles. The lowest BCUT2D eigenvalue weighted by Gasteiger charge is -2.20. The van der Waals surface area contributed by atoms with Gasteiger partial charge < -0.3 is 8.92 Å². The molecule has 8 heteroatoms. The molecule has 1 rings (SSSR count). The molecule has 0 radical (unpaired) electrons. The number of ether oxygens (including phenoxy) is 1. The van der Waals surface area contributed by atoms with Gasteiger partial charge in [-0.25, -0.2) is 4.79 Å². The van der Waals surface area contributed by atoms with Crippen molar-refractivity contribution in [3.05, 3.63) is 23.8 Å². The average Bonchev–Trinajstić information content (AvgIpc) is 2.17. The Bertz CT molecular complexity index is 607. The van der Waals surface area contributed by atoms with Crippen LogP contribution in [0.5, 0.6) is 5.75 Å². The highest BCUT2D eigenvalue weighted by molar-refractivity contribution is 7.81. The molecule has 1 amide bonds. The molecule has 0 aliphatic heterocycles. The summed E-state index contributed by atoms with van der Waals surface area (Å²) in [6, 6.07) is 4.27. The van der Waals surface area contributed by atoms with Gasteiger partial charge in [0.05, 0.1) is 5.69 Å². The van der Waals surface area contributed by atoms with E-state index in [9.17, 15) is 17.1 Å². The van der Waals surface area contributed by atoms with Gasteiger partial charge in [-0.15, -0.1) is 0 Å². The molecule has 1 aromatic carbocycles. The van der Waals surface area contributed by atoms with Crippen LogP contribution in [0.4, 0.5) is 14.4 Å². The summed E-state index contributed by atoms with van der Waals surface area (Å²) in [7, 11) is -5.18. The van der Waals surface area contributed by atoms with Gasteiger partial charge in [0.15, 0.2) is 5.75 Å². The third-order valence-electron chi connectivity index (χ3n) is 1.96. The number of rotatable bonds is 3. The smallest absolute Gasteiger partial charge is 0.444 e. The van der Waals surface area contributed by atoms with Crippen molar-refractivity contribution < 1.29 is 26.0 Å². The Kier molecular flexibility index (Phi) is 4.59. The number of nitrogens with one attached hydrogen (secondary N) is 1. The van der Waals surface area contributed by atoms with Crippen LogP contribution in [0.1, 0.15) is 26.3 Å². The van der Waals surface area contributed by atoms with Crippen molar-refractivity contribution in [1.29, 1.82) is 0 Å². The molecular formula is C12H16FNO5S. The van der Waals surface area contributed by atoms with Crippen LogP contribution in [-0.4, -0.2) is 20.1 Å². The second kappa shape index (κ2) is 5.66. The zero-order chi connectivity index (χ0) is 15.6. The maximum atomic E-state index is 12.6. The normalized spacial score (nSPS) is 11.8. The maximum absolute atomic E-state index is 12.6. The molecule has 0 unspecified atom stereocenters. The quantitative estimate of drug-likeness (QED) is 0.868. The molecule has 0 atom stereocenters. The van der Waals surface area contributed by atoms with E-state index < -0.39 is 22.2 Å². The fraction of sp³-hybridized carbons (Fsp3) is 0.417. The summed E-state index contributed by atoms with van der Waals surface area (Å²) >= 11 is 0. The number of hydrogen-bond donors (Lipinski definition) is 1. The summed E-state index contributed by atoms with van der Waals surface area (Å²) < 4.78 is 42.9. The minimum Gasteiger partial charge on any atom is -0.444 e. The number of benzene rings is 1. The SMILES string of the molecule is Cc1ccc(NC(=O)OC(C)(C)C)c(OS(=O)(=O)F)c1. The van der Waals surface area contributed by atoms with Crippen molar-refractivity contribution in [2.45, 2.75) is 33.3 Å². The first kappa shape index (κ1) is 16.2. The topological polar surface area (TPSA) is 81.7 Å². The van der Waals surface area contributed by atoms with Crippen molar-refractivity contribution in [2.75, 3.05) is 5.32 Å². The second-order valence-corrected chi connectivity index (χ2v) is 6.06. The molecule has 0 aliphatic carbocycles. The lowest BCUT2D eigenvalue weighted by molar-refractivity contribution is 0.0635. The molecule has 6 nitrogen and oxygen atoms in total. The second-order valence-electron chi connectivity index (χ2n) is 5.10. The number of hydrogen-bond acceptors (Lipinski definition) is 5. The Labute approximate surface area is 117 Å². The first-order valence-electron chi connectivity index (χ1n) is 5.71. The molecule has 1 aromatic rings. The van der Waals surface area contributed by atoms with Gasteiger partial charge in [-0.3, -0.25) is 5.32 Å². The largest absolute Gasteiger partial charge is 0.488 e. The number of anilines is 1. The van der Waals surface area contributed by atoms with Gasteiger partial charge in [0.1, 0.15) is 5.60 Å². The summed E-state index contributed by atoms with van der Waals surface area (Å²) in [5, 5.41) is 2.30. The number of amides is 1. The molecule has 0 aliphatic rings. The highest BCUT2D eigenvalue weighted by Crippen LogP contribution is 2.28. The summed E-state index contributed by atoms with van der Waals surface area (Å²) in [5.41, 5.74) is -0.0911. The third-order valence-corrected chi connectivity index (χ3v) is 2.34. The fourth-order valence-corrected chi connectivity index (χ4v) is 1.67. The van der Waals surface area contributed by atoms with Crippen molar-refractivity contribution in [3.8, 4) is 5.75 Å². The standard InChI is InChI=1S/C12H16FNO5S/c1-8-5-6-9(10(7-8)19-20(13,16)17)14-11(15)18-12(2,3)4/h5-7H,1-4H3,(H,14,15). The molecule has 0 fully saturated rings. The zero-order valence-corrected chi connectivity index (χ0v) is 12.4. The summed E-state index contributed by atoms with van der Waals surface area (Å²) in [6.45, 7) is 6.68. The van der Waals surface area contributed by atoms with Crippen molar-refractivity contribution in [1.82, 2.24) is 0 Å². The molecule has 0 bridgehead atoms. The van der Waals surface area contributed by atoms with Crippen LogP contribution in [0, 0.1) is 6.92 Å². The van der Waals surface area contributed by atoms with Crippen LogP contribution in [-0.2, 0) is 15.2 Å². The van der Waals surface area contributed by atoms with E-state index >= 15 is 0 Å². The van der Waals surface area contributed by atoms with Crippen molar-refractivity contribution >= 4 is 22.3 Å². The lowest BCUT2D eigenvalue weighted by Crippen LogP contribution is -2.27. The lowest BCUT2D eigenvalue weighted by atomic mass is 10.2. The minimum absolute atomic E-state index is 0.00826. The van der Waals surface area contributed by atoms with Gasteiger partial charge >= 0.3 is 16.6 Å². The first-order valence-corrected chi connectivity index (χ1v) is 7.02. The molecule has 0 heterocycles. The first-order chi connectivity index (χ1) is 8.96. The molecule has 0 saturated carbocycles. The predicted molar refractivity (Wildman–Crippen MR) is 71.7 cm³/mol. The number of aryl methyl sites for hydroxylation is 1. The molecule has 1 N–H and O–H groups in total. The molecule has 112 valence electrons. The number of carbonyl (C=O) groups is 1. The van der Waals surface area contributed by atoms with Gasteiger partial charge in [0.25, 0.3) is 0 Å². The maximum Gasteiger partial charge on any atom is 0.488 e. The summed E-state index contributed by atoms with van der Waals surface area (Å²) in [6.07, 6.45) is -0.803. The summed E-state index contributed by atoms with van der Waals surface area (Å²) in [5.74, 6) is -0.321. The predicted octanol–water partition coefficient (Wildman–Crippen LogP) is 2.94. The Morgan fingerprint density at radius 1 is 1.30 bits per heavy atom. The van der Waals surface area contributed by atoms with E-state index in [2.05, 4.69) is 9.50 Å². The van der Waals surface area contributed by atoms with Gasteiger partial charge in [0.2, 0.25) is 0 Å². The molecule has 0 aromatic heterocycles. The highest BCUT2D eigenvalue weighted by Gasteiger charge is 2.19. The van der Waals surface area contributed by atoms with Crippen molar-refractivity contribution in [2.24, 2.45) is 0 Å². The Balaban J connectivity index is 2.98. The fourth-order valence-electron chi connectivity index (χ4n) is 1.32. The zero-order valence-electron chi connectivity index (χ0n) is 11.6. The van der Waals surface area contributed by atoms with Crippen LogP contribution in [0.3, 0.4) is 0 Å². The van der Waals surface area contributed by atoms with E-state index in [1.165, 1.54) is 12.1 Å². The van der Waals surface area contributed by atoms with E-state index in [1.807, 2.05) is 0 Å². The number of halogens is 1. The van der Waals surface area contributed by atoms with Gasteiger partial charge in [-0.2, -0.15) is 8.42 Å².